The highest BCUT2D eigenvalue weighted by Gasteiger charge is 2.26. The van der Waals surface area contributed by atoms with Crippen LogP contribution in [0.4, 0.5) is 16.4 Å². The van der Waals surface area contributed by atoms with E-state index in [1.165, 1.54) is 0 Å². The number of carbonyl (C=O) groups is 2. The summed E-state index contributed by atoms with van der Waals surface area (Å²) >= 11 is 1.13. The Morgan fingerprint density at radius 1 is 1.23 bits per heavy atom. The highest BCUT2D eigenvalue weighted by atomic mass is 32.1. The number of nitrogens with two attached hydrogens (primary N) is 1. The molecule has 0 unspecified atom stereocenters. The van der Waals surface area contributed by atoms with Crippen LogP contribution >= 0.6 is 11.3 Å². The lowest BCUT2D eigenvalue weighted by Crippen LogP contribution is -2.18. The number of benzene rings is 1. The summed E-state index contributed by atoms with van der Waals surface area (Å²) in [6.45, 7) is 3.59. The fourth-order valence-electron chi connectivity index (χ4n) is 2.50. The number of carbonyl (C=O) groups excluding carboxylic acids is 2. The molecule has 0 bridgehead atoms. The van der Waals surface area contributed by atoms with E-state index in [4.69, 9.17) is 5.73 Å². The Morgan fingerprint density at radius 2 is 1.88 bits per heavy atom. The second-order valence-corrected chi connectivity index (χ2v) is 6.45. The van der Waals surface area contributed by atoms with E-state index >= 15 is 0 Å². The van der Waals surface area contributed by atoms with E-state index in [9.17, 15) is 29.8 Å². The number of hydrogen-bond donors (Lipinski definition) is 2. The molecule has 1 aromatic heterocycles. The number of nitrogens with zero attached hydrogens (tertiary/aromatic N) is 2. The molecular weight excluding hydrogens is 364 g/mol. The smallest absolute Gasteiger partial charge is 0.289 e. The van der Waals surface area contributed by atoms with Gasteiger partial charge in [0.2, 0.25) is 0 Å². The van der Waals surface area contributed by atoms with Crippen LogP contribution in [0.15, 0.2) is 18.2 Å². The third-order valence-electron chi connectivity index (χ3n) is 3.67. The Balaban J connectivity index is 2.47. The Morgan fingerprint density at radius 3 is 2.38 bits per heavy atom. The maximum absolute atomic E-state index is 12.5. The number of amides is 2. The van der Waals surface area contributed by atoms with Gasteiger partial charge in [0.25, 0.3) is 23.2 Å². The minimum Gasteiger partial charge on any atom is -0.365 e. The standard InChI is InChI=1S/C15H14N4O6S/c1-3-9-7(2)26-15(12(9)13(16)20)17-14(21)10-5-4-8(18(22)23)6-11(10)19(24)25/h4-6H,3H2,1-2H3,(H2,16,20)(H,17,21). The average Bonchev–Trinajstić information content (AvgIpc) is 2.89. The highest BCUT2D eigenvalue weighted by Crippen LogP contribution is 2.34. The van der Waals surface area contributed by atoms with Crippen molar-refractivity contribution in [2.75, 3.05) is 5.32 Å². The van der Waals surface area contributed by atoms with Gasteiger partial charge in [-0.05, 0) is 25.0 Å². The molecule has 0 saturated heterocycles. The lowest BCUT2D eigenvalue weighted by atomic mass is 10.1. The van der Waals surface area contributed by atoms with Gasteiger partial charge in [0, 0.05) is 10.9 Å². The minimum absolute atomic E-state index is 0.160. The first-order chi connectivity index (χ1) is 12.2. The molecule has 136 valence electrons. The largest absolute Gasteiger partial charge is 0.365 e. The van der Waals surface area contributed by atoms with Crippen LogP contribution in [0.1, 0.15) is 38.1 Å². The fraction of sp³-hybridized carbons (Fsp3) is 0.200. The SMILES string of the molecule is CCc1c(C)sc(NC(=O)c2ccc([N+](=O)[O-])cc2[N+](=O)[O-])c1C(N)=O. The number of primary amides is 1. The third-order valence-corrected chi connectivity index (χ3v) is 4.73. The summed E-state index contributed by atoms with van der Waals surface area (Å²) in [5.74, 6) is -1.59. The predicted molar refractivity (Wildman–Crippen MR) is 94.7 cm³/mol. The molecule has 0 spiro atoms. The molecule has 0 atom stereocenters. The number of anilines is 1. The van der Waals surface area contributed by atoms with Crippen LogP contribution in [0.3, 0.4) is 0 Å². The van der Waals surface area contributed by atoms with Crippen LogP contribution in [0, 0.1) is 27.2 Å². The third kappa shape index (κ3) is 3.52. The van der Waals surface area contributed by atoms with E-state index in [1.807, 2.05) is 6.92 Å². The van der Waals surface area contributed by atoms with Gasteiger partial charge in [0.1, 0.15) is 10.6 Å². The molecule has 0 aliphatic rings. The number of nitro groups is 2. The van der Waals surface area contributed by atoms with Crippen LogP contribution in [-0.2, 0) is 6.42 Å². The van der Waals surface area contributed by atoms with Gasteiger partial charge in [-0.1, -0.05) is 6.92 Å². The van der Waals surface area contributed by atoms with E-state index in [2.05, 4.69) is 5.32 Å². The zero-order chi connectivity index (χ0) is 19.6. The lowest BCUT2D eigenvalue weighted by molar-refractivity contribution is -0.394. The molecule has 2 aromatic rings. The van der Waals surface area contributed by atoms with Crippen LogP contribution < -0.4 is 11.1 Å². The number of non-ortho nitro benzene ring substituents is 1. The zero-order valence-electron chi connectivity index (χ0n) is 13.8. The Hall–Kier alpha value is -3.34. The molecule has 11 heteroatoms. The highest BCUT2D eigenvalue weighted by molar-refractivity contribution is 7.16. The van der Waals surface area contributed by atoms with E-state index in [0.29, 0.717) is 18.1 Å². The number of rotatable bonds is 6. The van der Waals surface area contributed by atoms with Crippen LogP contribution in [0.2, 0.25) is 0 Å². The van der Waals surface area contributed by atoms with Crippen molar-refractivity contribution in [2.24, 2.45) is 5.73 Å². The van der Waals surface area contributed by atoms with Gasteiger partial charge in [0.05, 0.1) is 21.5 Å². The van der Waals surface area contributed by atoms with Crippen molar-refractivity contribution in [3.05, 3.63) is 60.0 Å². The molecule has 26 heavy (non-hydrogen) atoms. The molecule has 1 heterocycles. The Labute approximate surface area is 150 Å². The molecule has 0 radical (unpaired) electrons. The van der Waals surface area contributed by atoms with Crippen LogP contribution in [0.25, 0.3) is 0 Å². The lowest BCUT2D eigenvalue weighted by Gasteiger charge is -2.06. The first kappa shape index (κ1) is 19.0. The maximum Gasteiger partial charge on any atom is 0.289 e. The van der Waals surface area contributed by atoms with Crippen molar-refractivity contribution < 1.29 is 19.4 Å². The maximum atomic E-state index is 12.5. The van der Waals surface area contributed by atoms with E-state index in [0.717, 1.165) is 28.3 Å². The first-order valence-corrected chi connectivity index (χ1v) is 8.15. The van der Waals surface area contributed by atoms with Crippen LogP contribution in [-0.4, -0.2) is 21.7 Å². The first-order valence-electron chi connectivity index (χ1n) is 7.33. The Bertz CT molecular complexity index is 936. The molecule has 3 N–H and O–H groups in total. The molecule has 2 amide bonds. The van der Waals surface area contributed by atoms with E-state index < -0.39 is 33.0 Å². The monoisotopic (exact) mass is 378 g/mol. The predicted octanol–water partition coefficient (Wildman–Crippen LogP) is 2.79. The van der Waals surface area contributed by atoms with Crippen molar-refractivity contribution in [1.29, 1.82) is 0 Å². The normalized spacial score (nSPS) is 10.4. The molecule has 0 fully saturated rings. The number of hydrogen-bond acceptors (Lipinski definition) is 7. The number of aryl methyl sites for hydroxylation is 1. The molecule has 0 saturated carbocycles. The van der Waals surface area contributed by atoms with Gasteiger partial charge in [-0.25, -0.2) is 0 Å². The topological polar surface area (TPSA) is 158 Å². The summed E-state index contributed by atoms with van der Waals surface area (Å²) in [6, 6.07) is 2.70. The van der Waals surface area contributed by atoms with E-state index in [-0.39, 0.29) is 16.1 Å². The van der Waals surface area contributed by atoms with Gasteiger partial charge in [-0.3, -0.25) is 29.8 Å². The average molecular weight is 378 g/mol. The fourth-order valence-corrected chi connectivity index (χ4v) is 3.65. The summed E-state index contributed by atoms with van der Waals surface area (Å²) in [7, 11) is 0. The van der Waals surface area contributed by atoms with Crippen molar-refractivity contribution in [3.8, 4) is 0 Å². The molecule has 2 rings (SSSR count). The van der Waals surface area contributed by atoms with Crippen molar-refractivity contribution in [3.63, 3.8) is 0 Å². The molecule has 0 aliphatic carbocycles. The van der Waals surface area contributed by atoms with Gasteiger partial charge >= 0.3 is 0 Å². The molecule has 0 aliphatic heterocycles. The van der Waals surface area contributed by atoms with Gasteiger partial charge in [-0.2, -0.15) is 0 Å². The summed E-state index contributed by atoms with van der Waals surface area (Å²) in [4.78, 5) is 45.2. The second-order valence-electron chi connectivity index (χ2n) is 5.23. The van der Waals surface area contributed by atoms with Gasteiger partial charge in [0.15, 0.2) is 0 Å². The van der Waals surface area contributed by atoms with Crippen LogP contribution in [0.5, 0.6) is 0 Å². The summed E-state index contributed by atoms with van der Waals surface area (Å²) in [5, 5.41) is 24.6. The van der Waals surface area contributed by atoms with Gasteiger partial charge in [-0.15, -0.1) is 11.3 Å². The van der Waals surface area contributed by atoms with Crippen molar-refractivity contribution >= 4 is 39.5 Å². The number of nitrogens with one attached hydrogen (secondary N) is 1. The Kier molecular flexibility index (Phi) is 5.31. The summed E-state index contributed by atoms with van der Waals surface area (Å²) in [6.07, 6.45) is 0.522. The minimum atomic E-state index is -0.881. The van der Waals surface area contributed by atoms with Crippen molar-refractivity contribution in [1.82, 2.24) is 0 Å². The van der Waals surface area contributed by atoms with Gasteiger partial charge < -0.3 is 11.1 Å². The zero-order valence-corrected chi connectivity index (χ0v) is 14.6. The molecule has 1 aromatic carbocycles. The quantitative estimate of drug-likeness (QED) is 0.581. The van der Waals surface area contributed by atoms with Crippen molar-refractivity contribution in [2.45, 2.75) is 20.3 Å². The number of nitro benzene ring substituents is 2. The summed E-state index contributed by atoms with van der Waals surface area (Å²) < 4.78 is 0. The summed E-state index contributed by atoms with van der Waals surface area (Å²) in [5.41, 5.74) is 4.66. The molecule has 10 nitrogen and oxygen atoms in total. The van der Waals surface area contributed by atoms with E-state index in [1.54, 1.807) is 6.92 Å². The number of thiophene rings is 1. The second kappa shape index (κ2) is 7.27. The molecular formula is C15H14N4O6S.